The number of phenolic OH excluding ortho intramolecular Hbond substituents is 1. The zero-order chi connectivity index (χ0) is 21.2. The number of hydrazone groups is 1. The maximum atomic E-state index is 12.2. The van der Waals surface area contributed by atoms with E-state index in [1.54, 1.807) is 6.21 Å². The van der Waals surface area contributed by atoms with E-state index in [9.17, 15) is 9.90 Å². The molecule has 5 nitrogen and oxygen atoms in total. The molecular formula is C23H28ClN3O2. The van der Waals surface area contributed by atoms with Gasteiger partial charge in [-0.3, -0.25) is 4.79 Å². The highest BCUT2D eigenvalue weighted by Gasteiger charge is 2.36. The second-order valence-corrected chi connectivity index (χ2v) is 8.65. The van der Waals surface area contributed by atoms with Crippen LogP contribution in [0.2, 0.25) is 5.02 Å². The van der Waals surface area contributed by atoms with E-state index in [1.165, 1.54) is 35.5 Å². The lowest BCUT2D eigenvalue weighted by molar-refractivity contribution is 0.0955. The summed E-state index contributed by atoms with van der Waals surface area (Å²) >= 11 is 6.56. The van der Waals surface area contributed by atoms with Crippen LogP contribution in [0.3, 0.4) is 0 Å². The molecule has 1 unspecified atom stereocenters. The average molecular weight is 414 g/mol. The van der Waals surface area contributed by atoms with Crippen molar-refractivity contribution >= 4 is 29.4 Å². The van der Waals surface area contributed by atoms with Crippen LogP contribution in [0.4, 0.5) is 5.69 Å². The molecule has 1 aliphatic heterocycles. The van der Waals surface area contributed by atoms with Crippen LogP contribution in [0.5, 0.6) is 5.75 Å². The summed E-state index contributed by atoms with van der Waals surface area (Å²) in [5.74, 6) is 0.170. The molecule has 29 heavy (non-hydrogen) atoms. The number of fused-ring (bicyclic) bond motifs is 1. The molecule has 0 aliphatic carbocycles. The van der Waals surface area contributed by atoms with Gasteiger partial charge in [0.1, 0.15) is 5.75 Å². The zero-order valence-electron chi connectivity index (χ0n) is 17.4. The number of anilines is 1. The molecule has 2 N–H and O–H groups in total. The Balaban J connectivity index is 1.83. The van der Waals surface area contributed by atoms with Gasteiger partial charge < -0.3 is 10.0 Å². The number of phenols is 1. The van der Waals surface area contributed by atoms with Gasteiger partial charge in [-0.25, -0.2) is 5.43 Å². The van der Waals surface area contributed by atoms with Gasteiger partial charge in [-0.15, -0.1) is 0 Å². The summed E-state index contributed by atoms with van der Waals surface area (Å²) in [6, 6.07) is 10.1. The van der Waals surface area contributed by atoms with E-state index in [4.69, 9.17) is 11.6 Å². The van der Waals surface area contributed by atoms with Crippen LogP contribution in [0.15, 0.2) is 41.5 Å². The van der Waals surface area contributed by atoms with Crippen molar-refractivity contribution in [2.24, 2.45) is 5.10 Å². The largest absolute Gasteiger partial charge is 0.508 e. The van der Waals surface area contributed by atoms with Gasteiger partial charge in [-0.2, -0.15) is 5.10 Å². The van der Waals surface area contributed by atoms with E-state index in [1.807, 2.05) is 6.07 Å². The number of nitrogens with zero attached hydrogens (tertiary/aromatic N) is 2. The third-order valence-corrected chi connectivity index (χ3v) is 5.78. The predicted molar refractivity (Wildman–Crippen MR) is 119 cm³/mol. The fourth-order valence-electron chi connectivity index (χ4n) is 4.10. The molecule has 0 saturated heterocycles. The molecule has 0 saturated carbocycles. The average Bonchev–Trinajstić information content (AvgIpc) is 2.66. The number of carbonyl (C=O) groups excluding carboxylic acids is 1. The Morgan fingerprint density at radius 1 is 1.34 bits per heavy atom. The lowest BCUT2D eigenvalue weighted by Gasteiger charge is -2.47. The summed E-state index contributed by atoms with van der Waals surface area (Å²) in [6.07, 6.45) is 3.72. The van der Waals surface area contributed by atoms with E-state index in [0.717, 1.165) is 24.9 Å². The SMILES string of the molecule is CCCN1c2cc(Cl)c(/C=N\NC(=O)c3ccc(O)cc3)cc2C(C)CC1(C)C. The first-order chi connectivity index (χ1) is 13.7. The van der Waals surface area contributed by atoms with Gasteiger partial charge in [-0.05, 0) is 74.6 Å². The van der Waals surface area contributed by atoms with E-state index < -0.39 is 0 Å². The summed E-state index contributed by atoms with van der Waals surface area (Å²) in [4.78, 5) is 14.6. The molecule has 154 valence electrons. The Morgan fingerprint density at radius 2 is 2.03 bits per heavy atom. The van der Waals surface area contributed by atoms with Crippen molar-refractivity contribution in [1.29, 1.82) is 0 Å². The number of rotatable bonds is 5. The van der Waals surface area contributed by atoms with Gasteiger partial charge >= 0.3 is 0 Å². The minimum Gasteiger partial charge on any atom is -0.508 e. The Hall–Kier alpha value is -2.53. The lowest BCUT2D eigenvalue weighted by Crippen LogP contribution is -2.48. The maximum absolute atomic E-state index is 12.2. The summed E-state index contributed by atoms with van der Waals surface area (Å²) in [5, 5.41) is 14.0. The molecule has 1 atom stereocenters. The van der Waals surface area contributed by atoms with Gasteiger partial charge in [0.15, 0.2) is 0 Å². The number of benzene rings is 2. The first-order valence-electron chi connectivity index (χ1n) is 9.96. The second-order valence-electron chi connectivity index (χ2n) is 8.25. The van der Waals surface area contributed by atoms with Crippen LogP contribution < -0.4 is 10.3 Å². The van der Waals surface area contributed by atoms with Crippen LogP contribution in [0.1, 0.15) is 67.9 Å². The fourth-order valence-corrected chi connectivity index (χ4v) is 4.31. The molecular weight excluding hydrogens is 386 g/mol. The topological polar surface area (TPSA) is 64.9 Å². The standard InChI is InChI=1S/C23H28ClN3O2/c1-5-10-27-21-12-20(24)17(11-19(21)15(2)13-23(27,3)4)14-25-26-22(29)16-6-8-18(28)9-7-16/h6-9,11-12,14-15,28H,5,10,13H2,1-4H3,(H,26,29)/b25-14-. The van der Waals surface area contributed by atoms with Crippen molar-refractivity contribution in [3.63, 3.8) is 0 Å². The molecule has 1 aliphatic rings. The molecule has 0 spiro atoms. The van der Waals surface area contributed by atoms with E-state index in [0.29, 0.717) is 16.5 Å². The number of halogens is 1. The highest BCUT2D eigenvalue weighted by Crippen LogP contribution is 2.45. The molecule has 2 aromatic rings. The quantitative estimate of drug-likeness (QED) is 0.515. The molecule has 0 bridgehead atoms. The number of hydrogen-bond donors (Lipinski definition) is 2. The molecule has 3 rings (SSSR count). The van der Waals surface area contributed by atoms with Crippen LogP contribution >= 0.6 is 11.6 Å². The molecule has 1 amide bonds. The highest BCUT2D eigenvalue weighted by molar-refractivity contribution is 6.33. The molecule has 2 aromatic carbocycles. The predicted octanol–water partition coefficient (Wildman–Crippen LogP) is 5.31. The van der Waals surface area contributed by atoms with E-state index in [2.05, 4.69) is 49.2 Å². The molecule has 0 radical (unpaired) electrons. The second kappa shape index (κ2) is 8.46. The fraction of sp³-hybridized carbons (Fsp3) is 0.391. The molecule has 6 heteroatoms. The van der Waals surface area contributed by atoms with Crippen LogP contribution in [0.25, 0.3) is 0 Å². The molecule has 1 heterocycles. The van der Waals surface area contributed by atoms with Crippen LogP contribution in [-0.4, -0.2) is 29.3 Å². The monoisotopic (exact) mass is 413 g/mol. The molecule has 0 fully saturated rings. The highest BCUT2D eigenvalue weighted by atomic mass is 35.5. The summed E-state index contributed by atoms with van der Waals surface area (Å²) in [6.45, 7) is 9.98. The van der Waals surface area contributed by atoms with Crippen molar-refractivity contribution in [3.05, 3.63) is 58.1 Å². The first kappa shape index (κ1) is 21.2. The van der Waals surface area contributed by atoms with E-state index in [-0.39, 0.29) is 17.2 Å². The van der Waals surface area contributed by atoms with E-state index >= 15 is 0 Å². The minimum atomic E-state index is -0.348. The van der Waals surface area contributed by atoms with Gasteiger partial charge in [0, 0.05) is 28.9 Å². The summed E-state index contributed by atoms with van der Waals surface area (Å²) < 4.78 is 0. The van der Waals surface area contributed by atoms with Crippen molar-refractivity contribution in [2.45, 2.75) is 52.0 Å². The maximum Gasteiger partial charge on any atom is 0.271 e. The Morgan fingerprint density at radius 3 is 2.69 bits per heavy atom. The van der Waals surface area contributed by atoms with Crippen LogP contribution in [0, 0.1) is 0 Å². The van der Waals surface area contributed by atoms with Crippen molar-refractivity contribution < 1.29 is 9.90 Å². The van der Waals surface area contributed by atoms with Gasteiger partial charge in [0.05, 0.1) is 11.2 Å². The van der Waals surface area contributed by atoms with Gasteiger partial charge in [-0.1, -0.05) is 25.4 Å². The summed E-state index contributed by atoms with van der Waals surface area (Å²) in [7, 11) is 0. The lowest BCUT2D eigenvalue weighted by atomic mass is 9.79. The third kappa shape index (κ3) is 4.56. The third-order valence-electron chi connectivity index (χ3n) is 5.45. The van der Waals surface area contributed by atoms with Gasteiger partial charge in [0.2, 0.25) is 0 Å². The molecule has 0 aromatic heterocycles. The normalized spacial score (nSPS) is 18.0. The van der Waals surface area contributed by atoms with Crippen molar-refractivity contribution in [3.8, 4) is 5.75 Å². The minimum absolute atomic E-state index is 0.0828. The zero-order valence-corrected chi connectivity index (χ0v) is 18.1. The van der Waals surface area contributed by atoms with Gasteiger partial charge in [0.25, 0.3) is 5.91 Å². The summed E-state index contributed by atoms with van der Waals surface area (Å²) in [5.41, 5.74) is 6.23. The van der Waals surface area contributed by atoms with Crippen LogP contribution in [-0.2, 0) is 0 Å². The van der Waals surface area contributed by atoms with Crippen molar-refractivity contribution in [1.82, 2.24) is 5.43 Å². The number of amides is 1. The Kier molecular flexibility index (Phi) is 6.18. The first-order valence-corrected chi connectivity index (χ1v) is 10.3. The number of hydrogen-bond acceptors (Lipinski definition) is 4. The number of aromatic hydroxyl groups is 1. The number of nitrogens with one attached hydrogen (secondary N) is 1. The Bertz CT molecular complexity index is 922. The Labute approximate surface area is 177 Å². The number of carbonyl (C=O) groups is 1. The van der Waals surface area contributed by atoms with Crippen molar-refractivity contribution in [2.75, 3.05) is 11.4 Å². The smallest absolute Gasteiger partial charge is 0.271 e.